The molecule has 0 saturated carbocycles. The highest BCUT2D eigenvalue weighted by atomic mass is 35.5. The number of nitrogens with zero attached hydrogens (tertiary/aromatic N) is 2. The largest absolute Gasteiger partial charge is 0.487 e. The Morgan fingerprint density at radius 1 is 1.04 bits per heavy atom. The summed E-state index contributed by atoms with van der Waals surface area (Å²) in [6, 6.07) is 13.3. The van der Waals surface area contributed by atoms with Crippen LogP contribution in [-0.4, -0.2) is 48.0 Å². The molecule has 0 aliphatic carbocycles. The molecule has 0 bridgehead atoms. The van der Waals surface area contributed by atoms with E-state index in [1.807, 2.05) is 42.5 Å². The molecule has 2 aromatic rings. The molecule has 3 nitrogen and oxygen atoms in total. The highest BCUT2D eigenvalue weighted by molar-refractivity contribution is 7.80. The lowest BCUT2D eigenvalue weighted by Crippen LogP contribution is -2.46. The first-order chi connectivity index (χ1) is 12.0. The first-order valence-electron chi connectivity index (χ1n) is 8.17. The van der Waals surface area contributed by atoms with Crippen LogP contribution in [0.3, 0.4) is 0 Å². The van der Waals surface area contributed by atoms with Crippen LogP contribution in [0.25, 0.3) is 0 Å². The van der Waals surface area contributed by atoms with Crippen molar-refractivity contribution in [3.8, 4) is 5.75 Å². The predicted octanol–water partition coefficient (Wildman–Crippen LogP) is 4.50. The summed E-state index contributed by atoms with van der Waals surface area (Å²) in [6.45, 7) is 4.38. The van der Waals surface area contributed by atoms with Gasteiger partial charge in [0.25, 0.3) is 0 Å². The molecule has 0 aromatic heterocycles. The van der Waals surface area contributed by atoms with Crippen LogP contribution in [0.15, 0.2) is 42.5 Å². The average molecular weight is 395 g/mol. The topological polar surface area (TPSA) is 15.7 Å². The Balaban J connectivity index is 1.64. The third-order valence-corrected chi connectivity index (χ3v) is 5.32. The highest BCUT2D eigenvalue weighted by Crippen LogP contribution is 2.27. The number of piperazine rings is 1. The van der Waals surface area contributed by atoms with Crippen molar-refractivity contribution in [2.75, 3.05) is 33.2 Å². The van der Waals surface area contributed by atoms with Crippen LogP contribution in [0.2, 0.25) is 10.0 Å². The van der Waals surface area contributed by atoms with Crippen LogP contribution in [0.5, 0.6) is 5.75 Å². The SMILES string of the molecule is CN1CCN(C(=S)c2ccc(OCc3ccc(Cl)cc3)c(Cl)c2)CC1. The van der Waals surface area contributed by atoms with Crippen molar-refractivity contribution in [1.29, 1.82) is 0 Å². The summed E-state index contributed by atoms with van der Waals surface area (Å²) < 4.78 is 5.82. The molecule has 1 saturated heterocycles. The van der Waals surface area contributed by atoms with Gasteiger partial charge in [0.15, 0.2) is 0 Å². The van der Waals surface area contributed by atoms with Gasteiger partial charge in [-0.1, -0.05) is 47.6 Å². The Kier molecular flexibility index (Phi) is 6.18. The van der Waals surface area contributed by atoms with E-state index in [-0.39, 0.29) is 0 Å². The predicted molar refractivity (Wildman–Crippen MR) is 108 cm³/mol. The van der Waals surface area contributed by atoms with Gasteiger partial charge in [-0.05, 0) is 42.9 Å². The van der Waals surface area contributed by atoms with Crippen molar-refractivity contribution in [2.24, 2.45) is 0 Å². The molecule has 0 atom stereocenters. The summed E-state index contributed by atoms with van der Waals surface area (Å²) in [6.07, 6.45) is 0. The molecule has 1 heterocycles. The normalized spacial score (nSPS) is 15.2. The number of hydrogen-bond donors (Lipinski definition) is 0. The Bertz CT molecular complexity index is 744. The molecular weight excluding hydrogens is 375 g/mol. The minimum absolute atomic E-state index is 0.444. The number of halogens is 2. The van der Waals surface area contributed by atoms with E-state index in [0.717, 1.165) is 42.3 Å². The van der Waals surface area contributed by atoms with Gasteiger partial charge in [-0.3, -0.25) is 0 Å². The van der Waals surface area contributed by atoms with E-state index in [1.54, 1.807) is 0 Å². The molecule has 25 heavy (non-hydrogen) atoms. The minimum atomic E-state index is 0.444. The maximum absolute atomic E-state index is 6.39. The number of thiocarbonyl (C=S) groups is 1. The smallest absolute Gasteiger partial charge is 0.138 e. The monoisotopic (exact) mass is 394 g/mol. The van der Waals surface area contributed by atoms with E-state index < -0.39 is 0 Å². The van der Waals surface area contributed by atoms with Crippen molar-refractivity contribution >= 4 is 40.4 Å². The Morgan fingerprint density at radius 2 is 1.72 bits per heavy atom. The van der Waals surface area contributed by atoms with Crippen molar-refractivity contribution < 1.29 is 4.74 Å². The van der Waals surface area contributed by atoms with Crippen LogP contribution in [0.1, 0.15) is 11.1 Å². The summed E-state index contributed by atoms with van der Waals surface area (Å²) in [4.78, 5) is 5.38. The molecule has 0 spiro atoms. The molecule has 0 unspecified atom stereocenters. The lowest BCUT2D eigenvalue weighted by Gasteiger charge is -2.34. The van der Waals surface area contributed by atoms with Crippen molar-refractivity contribution in [3.63, 3.8) is 0 Å². The number of benzene rings is 2. The highest BCUT2D eigenvalue weighted by Gasteiger charge is 2.18. The standard InChI is InChI=1S/C19H20Cl2N2OS/c1-22-8-10-23(11-9-22)19(25)15-4-7-18(17(21)12-15)24-13-14-2-5-16(20)6-3-14/h2-7,12H,8-11,13H2,1H3. The number of rotatable bonds is 4. The lowest BCUT2D eigenvalue weighted by atomic mass is 10.2. The second-order valence-electron chi connectivity index (χ2n) is 6.16. The van der Waals surface area contributed by atoms with Gasteiger partial charge in [-0.15, -0.1) is 0 Å². The van der Waals surface area contributed by atoms with Gasteiger partial charge in [0, 0.05) is 36.8 Å². The fourth-order valence-electron chi connectivity index (χ4n) is 2.68. The van der Waals surface area contributed by atoms with E-state index >= 15 is 0 Å². The molecule has 2 aromatic carbocycles. The van der Waals surface area contributed by atoms with Crippen LogP contribution in [-0.2, 0) is 6.61 Å². The zero-order valence-corrected chi connectivity index (χ0v) is 16.4. The molecular formula is C19H20Cl2N2OS. The van der Waals surface area contributed by atoms with Crippen LogP contribution in [0.4, 0.5) is 0 Å². The molecule has 3 rings (SSSR count). The van der Waals surface area contributed by atoms with Crippen molar-refractivity contribution in [2.45, 2.75) is 6.61 Å². The quantitative estimate of drug-likeness (QED) is 0.709. The van der Waals surface area contributed by atoms with Gasteiger partial charge in [0.1, 0.15) is 17.3 Å². The lowest BCUT2D eigenvalue weighted by molar-refractivity contribution is 0.218. The Hall–Kier alpha value is -1.33. The zero-order chi connectivity index (χ0) is 17.8. The third-order valence-electron chi connectivity index (χ3n) is 4.28. The van der Waals surface area contributed by atoms with Crippen molar-refractivity contribution in [1.82, 2.24) is 9.80 Å². The van der Waals surface area contributed by atoms with E-state index in [0.29, 0.717) is 22.4 Å². The molecule has 132 valence electrons. The minimum Gasteiger partial charge on any atom is -0.487 e. The first kappa shape index (κ1) is 18.5. The Morgan fingerprint density at radius 3 is 2.36 bits per heavy atom. The summed E-state index contributed by atoms with van der Waals surface area (Å²) in [7, 11) is 2.13. The zero-order valence-electron chi connectivity index (χ0n) is 14.0. The molecule has 6 heteroatoms. The van der Waals surface area contributed by atoms with Gasteiger partial charge in [-0.25, -0.2) is 0 Å². The molecule has 1 aliphatic rings. The summed E-state index contributed by atoms with van der Waals surface area (Å²) in [5.41, 5.74) is 2.00. The van der Waals surface area contributed by atoms with Gasteiger partial charge >= 0.3 is 0 Å². The second-order valence-corrected chi connectivity index (χ2v) is 7.39. The van der Waals surface area contributed by atoms with E-state index in [1.165, 1.54) is 0 Å². The molecule has 0 amide bonds. The summed E-state index contributed by atoms with van der Waals surface area (Å²) >= 11 is 17.9. The molecule has 1 fully saturated rings. The Labute approximate surface area is 164 Å². The molecule has 0 radical (unpaired) electrons. The van der Waals surface area contributed by atoms with E-state index in [9.17, 15) is 0 Å². The van der Waals surface area contributed by atoms with Crippen LogP contribution >= 0.6 is 35.4 Å². The fourth-order valence-corrected chi connectivity index (χ4v) is 3.36. The van der Waals surface area contributed by atoms with Crippen LogP contribution in [0, 0.1) is 0 Å². The summed E-state index contributed by atoms with van der Waals surface area (Å²) in [5.74, 6) is 0.654. The molecule has 1 aliphatic heterocycles. The second kappa shape index (κ2) is 8.37. The average Bonchev–Trinajstić information content (AvgIpc) is 2.62. The van der Waals surface area contributed by atoms with Gasteiger partial charge < -0.3 is 14.5 Å². The summed E-state index contributed by atoms with van der Waals surface area (Å²) in [5, 5.41) is 1.28. The third kappa shape index (κ3) is 4.85. The number of hydrogen-bond acceptors (Lipinski definition) is 3. The van der Waals surface area contributed by atoms with E-state index in [2.05, 4.69) is 16.8 Å². The number of ether oxygens (including phenoxy) is 1. The maximum Gasteiger partial charge on any atom is 0.138 e. The van der Waals surface area contributed by atoms with E-state index in [4.69, 9.17) is 40.2 Å². The van der Waals surface area contributed by atoms with Gasteiger partial charge in [-0.2, -0.15) is 0 Å². The maximum atomic E-state index is 6.39. The van der Waals surface area contributed by atoms with Crippen molar-refractivity contribution in [3.05, 3.63) is 63.6 Å². The number of likely N-dealkylation sites (N-methyl/N-ethyl adjacent to an activating group) is 1. The fraction of sp³-hybridized carbons (Fsp3) is 0.316. The molecule has 0 N–H and O–H groups in total. The first-order valence-corrected chi connectivity index (χ1v) is 9.34. The van der Waals surface area contributed by atoms with Gasteiger partial charge in [0.2, 0.25) is 0 Å². The van der Waals surface area contributed by atoms with Crippen LogP contribution < -0.4 is 4.74 Å². The van der Waals surface area contributed by atoms with Gasteiger partial charge in [0.05, 0.1) is 5.02 Å².